The number of benzene rings is 1. The molecule has 0 spiro atoms. The Hall–Kier alpha value is -2.02. The van der Waals surface area contributed by atoms with Crippen LogP contribution in [-0.2, 0) is 16.1 Å². The fourth-order valence-electron chi connectivity index (χ4n) is 3.23. The van der Waals surface area contributed by atoms with Gasteiger partial charge in [0.05, 0.1) is 12.0 Å². The van der Waals surface area contributed by atoms with Gasteiger partial charge in [-0.2, -0.15) is 0 Å². The number of amides is 2. The second kappa shape index (κ2) is 5.31. The number of carbonyl (C=O) groups is 2. The molecule has 6 heteroatoms. The molecule has 3 atom stereocenters. The number of imide groups is 1. The smallest absolute Gasteiger partial charge is 0.246 e. The summed E-state index contributed by atoms with van der Waals surface area (Å²) in [5, 5.41) is 6.35. The van der Waals surface area contributed by atoms with E-state index in [-0.39, 0.29) is 23.8 Å². The van der Waals surface area contributed by atoms with E-state index in [2.05, 4.69) is 10.7 Å². The quantitative estimate of drug-likeness (QED) is 0.842. The Morgan fingerprint density at radius 1 is 1.05 bits per heavy atom. The third-order valence-corrected chi connectivity index (χ3v) is 5.16. The van der Waals surface area contributed by atoms with E-state index < -0.39 is 6.04 Å². The van der Waals surface area contributed by atoms with Crippen molar-refractivity contribution in [2.24, 2.45) is 5.92 Å². The highest BCUT2D eigenvalue weighted by molar-refractivity contribution is 7.10. The van der Waals surface area contributed by atoms with Crippen LogP contribution in [-0.4, -0.2) is 22.9 Å². The maximum absolute atomic E-state index is 12.2. The largest absolute Gasteiger partial charge is 0.295 e. The van der Waals surface area contributed by atoms with Crippen molar-refractivity contribution in [2.75, 3.05) is 0 Å². The molecule has 2 aromatic rings. The topological polar surface area (TPSA) is 61.4 Å². The summed E-state index contributed by atoms with van der Waals surface area (Å²) in [5.41, 5.74) is 4.47. The lowest BCUT2D eigenvalue weighted by Crippen LogP contribution is -2.43. The van der Waals surface area contributed by atoms with Crippen molar-refractivity contribution in [1.82, 2.24) is 15.8 Å². The Balaban J connectivity index is 1.65. The van der Waals surface area contributed by atoms with Crippen LogP contribution in [0.2, 0.25) is 0 Å². The summed E-state index contributed by atoms with van der Waals surface area (Å²) in [4.78, 5) is 25.4. The molecule has 2 fully saturated rings. The minimum Gasteiger partial charge on any atom is -0.295 e. The van der Waals surface area contributed by atoms with Gasteiger partial charge in [0, 0.05) is 11.4 Å². The molecular formula is C16H15N3O2S. The first-order valence-electron chi connectivity index (χ1n) is 7.19. The number of nitrogens with one attached hydrogen (secondary N) is 2. The van der Waals surface area contributed by atoms with Crippen molar-refractivity contribution in [3.63, 3.8) is 0 Å². The minimum absolute atomic E-state index is 0.139. The SMILES string of the molecule is O=C1NC(=O)[C@H]2[C@H]1[C@@H](c1cccs1)NN2Cc1ccccc1. The molecule has 0 unspecified atom stereocenters. The van der Waals surface area contributed by atoms with Crippen LogP contribution >= 0.6 is 11.3 Å². The molecule has 112 valence electrons. The average Bonchev–Trinajstić information content (AvgIpc) is 3.20. The number of rotatable bonds is 3. The summed E-state index contributed by atoms with van der Waals surface area (Å²) in [6.07, 6.45) is 0. The van der Waals surface area contributed by atoms with E-state index in [0.29, 0.717) is 6.54 Å². The van der Waals surface area contributed by atoms with Gasteiger partial charge in [-0.1, -0.05) is 36.4 Å². The highest BCUT2D eigenvalue weighted by Crippen LogP contribution is 2.39. The molecule has 3 heterocycles. The second-order valence-corrected chi connectivity index (χ2v) is 6.54. The lowest BCUT2D eigenvalue weighted by Gasteiger charge is -2.21. The van der Waals surface area contributed by atoms with E-state index in [9.17, 15) is 9.59 Å². The maximum Gasteiger partial charge on any atom is 0.246 e. The third-order valence-electron chi connectivity index (χ3n) is 4.20. The van der Waals surface area contributed by atoms with Crippen molar-refractivity contribution in [2.45, 2.75) is 18.6 Å². The first-order valence-corrected chi connectivity index (χ1v) is 8.07. The van der Waals surface area contributed by atoms with Gasteiger partial charge in [0.25, 0.3) is 0 Å². The number of hydrazine groups is 1. The summed E-state index contributed by atoms with van der Waals surface area (Å²) in [6.45, 7) is 0.588. The van der Waals surface area contributed by atoms with Gasteiger partial charge in [0.15, 0.2) is 0 Å². The molecule has 4 rings (SSSR count). The predicted octanol–water partition coefficient (Wildman–Crippen LogP) is 1.45. The minimum atomic E-state index is -0.445. The van der Waals surface area contributed by atoms with E-state index in [4.69, 9.17) is 0 Å². The van der Waals surface area contributed by atoms with Crippen molar-refractivity contribution in [3.05, 3.63) is 58.3 Å². The van der Waals surface area contributed by atoms with E-state index in [1.165, 1.54) is 0 Å². The fraction of sp³-hybridized carbons (Fsp3) is 0.250. The zero-order valence-electron chi connectivity index (χ0n) is 11.7. The van der Waals surface area contributed by atoms with E-state index in [1.54, 1.807) is 11.3 Å². The number of hydrogen-bond donors (Lipinski definition) is 2. The number of fused-ring (bicyclic) bond motifs is 1. The Morgan fingerprint density at radius 3 is 2.59 bits per heavy atom. The first kappa shape index (κ1) is 13.6. The van der Waals surface area contributed by atoms with E-state index in [0.717, 1.165) is 10.4 Å². The summed E-state index contributed by atoms with van der Waals surface area (Å²) in [7, 11) is 0. The van der Waals surface area contributed by atoms with E-state index in [1.807, 2.05) is 52.9 Å². The standard InChI is InChI=1S/C16H15N3O2S/c20-15-12-13(11-7-4-8-22-11)18-19(14(12)16(21)17-15)9-10-5-2-1-3-6-10/h1-8,12-14,18H,9H2,(H,17,20,21)/t12-,13-,14-/m1/s1. The van der Waals surface area contributed by atoms with Gasteiger partial charge < -0.3 is 0 Å². The van der Waals surface area contributed by atoms with Gasteiger partial charge >= 0.3 is 0 Å². The summed E-state index contributed by atoms with van der Waals surface area (Å²) in [6, 6.07) is 13.3. The van der Waals surface area contributed by atoms with Crippen LogP contribution in [0.3, 0.4) is 0 Å². The first-order chi connectivity index (χ1) is 10.7. The molecule has 0 bridgehead atoms. The number of nitrogens with zero attached hydrogens (tertiary/aromatic N) is 1. The number of hydrogen-bond acceptors (Lipinski definition) is 5. The molecule has 1 aromatic heterocycles. The van der Waals surface area contributed by atoms with Gasteiger partial charge in [-0.15, -0.1) is 11.3 Å². The molecular weight excluding hydrogens is 298 g/mol. The molecule has 5 nitrogen and oxygen atoms in total. The average molecular weight is 313 g/mol. The van der Waals surface area contributed by atoms with Gasteiger partial charge in [-0.25, -0.2) is 10.4 Å². The van der Waals surface area contributed by atoms with Crippen molar-refractivity contribution >= 4 is 23.2 Å². The van der Waals surface area contributed by atoms with Gasteiger partial charge in [0.1, 0.15) is 6.04 Å². The molecule has 2 aliphatic heterocycles. The lowest BCUT2D eigenvalue weighted by atomic mass is 9.95. The van der Waals surface area contributed by atoms with Gasteiger partial charge in [-0.05, 0) is 17.0 Å². The third kappa shape index (κ3) is 2.16. The molecule has 0 saturated carbocycles. The molecule has 2 N–H and O–H groups in total. The summed E-state index contributed by atoms with van der Waals surface area (Å²) < 4.78 is 0. The van der Waals surface area contributed by atoms with Crippen molar-refractivity contribution in [1.29, 1.82) is 0 Å². The Kier molecular flexibility index (Phi) is 3.29. The zero-order chi connectivity index (χ0) is 15.1. The zero-order valence-corrected chi connectivity index (χ0v) is 12.5. The molecule has 2 saturated heterocycles. The summed E-state index contributed by atoms with van der Waals surface area (Å²) in [5.74, 6) is -0.760. The number of carbonyl (C=O) groups excluding carboxylic acids is 2. The lowest BCUT2D eigenvalue weighted by molar-refractivity contribution is -0.127. The van der Waals surface area contributed by atoms with Crippen LogP contribution in [0.1, 0.15) is 16.5 Å². The van der Waals surface area contributed by atoms with Crippen molar-refractivity contribution < 1.29 is 9.59 Å². The second-order valence-electron chi connectivity index (χ2n) is 5.56. The van der Waals surface area contributed by atoms with Gasteiger partial charge in [0.2, 0.25) is 11.8 Å². The normalized spacial score (nSPS) is 27.9. The molecule has 2 amide bonds. The van der Waals surface area contributed by atoms with Crippen LogP contribution in [0, 0.1) is 5.92 Å². The molecule has 0 aliphatic carbocycles. The fourth-order valence-corrected chi connectivity index (χ4v) is 4.04. The molecule has 2 aliphatic rings. The van der Waals surface area contributed by atoms with Crippen LogP contribution in [0.25, 0.3) is 0 Å². The monoisotopic (exact) mass is 313 g/mol. The van der Waals surface area contributed by atoms with Crippen LogP contribution in [0.5, 0.6) is 0 Å². The molecule has 22 heavy (non-hydrogen) atoms. The summed E-state index contributed by atoms with van der Waals surface area (Å²) >= 11 is 1.60. The highest BCUT2D eigenvalue weighted by Gasteiger charge is 2.55. The number of thiophene rings is 1. The van der Waals surface area contributed by atoms with Crippen LogP contribution in [0.15, 0.2) is 47.8 Å². The van der Waals surface area contributed by atoms with E-state index >= 15 is 0 Å². The van der Waals surface area contributed by atoms with Crippen LogP contribution < -0.4 is 10.7 Å². The predicted molar refractivity (Wildman–Crippen MR) is 82.6 cm³/mol. The Morgan fingerprint density at radius 2 is 1.86 bits per heavy atom. The Bertz CT molecular complexity index is 701. The molecule has 0 radical (unpaired) electrons. The molecule has 1 aromatic carbocycles. The Labute approximate surface area is 131 Å². The highest BCUT2D eigenvalue weighted by atomic mass is 32.1. The maximum atomic E-state index is 12.2. The van der Waals surface area contributed by atoms with Crippen LogP contribution in [0.4, 0.5) is 0 Å². The van der Waals surface area contributed by atoms with Gasteiger partial charge in [-0.3, -0.25) is 14.9 Å². The van der Waals surface area contributed by atoms with Crippen molar-refractivity contribution in [3.8, 4) is 0 Å².